The van der Waals surface area contributed by atoms with Gasteiger partial charge in [-0.2, -0.15) is 0 Å². The van der Waals surface area contributed by atoms with E-state index in [4.69, 9.17) is 5.73 Å². The Bertz CT molecular complexity index is 333. The van der Waals surface area contributed by atoms with Crippen LogP contribution < -0.4 is 5.73 Å². The molecule has 0 atom stereocenters. The van der Waals surface area contributed by atoms with Crippen LogP contribution in [-0.4, -0.2) is 11.2 Å². The monoisotopic (exact) mass is 191 g/mol. The first kappa shape index (κ1) is 9.69. The van der Waals surface area contributed by atoms with Crippen molar-refractivity contribution in [3.05, 3.63) is 34.9 Å². The molecule has 0 radical (unpaired) electrons. The molecule has 0 unspecified atom stereocenters. The van der Waals surface area contributed by atoms with E-state index in [1.54, 1.807) is 0 Å². The van der Waals surface area contributed by atoms with Gasteiger partial charge in [0.2, 0.25) is 0 Å². The van der Waals surface area contributed by atoms with Gasteiger partial charge in [0.1, 0.15) is 0 Å². The summed E-state index contributed by atoms with van der Waals surface area (Å²) in [6, 6.07) is 6.39. The van der Waals surface area contributed by atoms with Gasteiger partial charge in [-0.3, -0.25) is 0 Å². The topological polar surface area (TPSA) is 46.2 Å². The third-order valence-electron chi connectivity index (χ3n) is 3.00. The molecular formula is C12H17NO. The van der Waals surface area contributed by atoms with Crippen LogP contribution in [-0.2, 0) is 5.54 Å². The van der Waals surface area contributed by atoms with E-state index in [0.717, 1.165) is 0 Å². The molecule has 0 spiro atoms. The molecule has 0 heterocycles. The Hall–Kier alpha value is -0.860. The number of aliphatic hydroxyl groups excluding tert-OH is 1. The molecule has 0 aliphatic heterocycles. The molecule has 0 aromatic heterocycles. The summed E-state index contributed by atoms with van der Waals surface area (Å²) in [5.41, 5.74) is 9.56. The van der Waals surface area contributed by atoms with Gasteiger partial charge >= 0.3 is 0 Å². The minimum atomic E-state index is -0.282. The zero-order valence-corrected chi connectivity index (χ0v) is 8.75. The summed E-state index contributed by atoms with van der Waals surface area (Å²) < 4.78 is 0. The number of rotatable bonds is 1. The quantitative estimate of drug-likeness (QED) is 0.708. The molecule has 1 aromatic carbocycles. The number of benzene rings is 1. The number of hydrogen-bond donors (Lipinski definition) is 2. The van der Waals surface area contributed by atoms with Gasteiger partial charge in [0.25, 0.3) is 0 Å². The predicted octanol–water partition coefficient (Wildman–Crippen LogP) is 1.61. The Morgan fingerprint density at radius 1 is 1.21 bits per heavy atom. The smallest absolute Gasteiger partial charge is 0.0582 e. The Morgan fingerprint density at radius 2 is 1.71 bits per heavy atom. The zero-order chi connectivity index (χ0) is 10.3. The Balaban J connectivity index is 2.32. The fourth-order valence-corrected chi connectivity index (χ4v) is 2.28. The maximum absolute atomic E-state index is 9.30. The molecule has 0 saturated heterocycles. The molecule has 1 fully saturated rings. The van der Waals surface area contributed by atoms with E-state index in [2.05, 4.69) is 32.0 Å². The highest BCUT2D eigenvalue weighted by Gasteiger charge is 2.41. The number of aryl methyl sites for hydroxylation is 2. The van der Waals surface area contributed by atoms with Gasteiger partial charge in [-0.15, -0.1) is 0 Å². The van der Waals surface area contributed by atoms with Crippen LogP contribution >= 0.6 is 0 Å². The number of hydrogen-bond acceptors (Lipinski definition) is 2. The van der Waals surface area contributed by atoms with Crippen molar-refractivity contribution >= 4 is 0 Å². The summed E-state index contributed by atoms with van der Waals surface area (Å²) in [6.07, 6.45) is 1.17. The van der Waals surface area contributed by atoms with Crippen LogP contribution in [0.3, 0.4) is 0 Å². The van der Waals surface area contributed by atoms with E-state index in [0.29, 0.717) is 12.8 Å². The van der Waals surface area contributed by atoms with E-state index in [1.165, 1.54) is 16.7 Å². The second-order valence-electron chi connectivity index (χ2n) is 4.59. The van der Waals surface area contributed by atoms with Crippen LogP contribution in [0.25, 0.3) is 0 Å². The summed E-state index contributed by atoms with van der Waals surface area (Å²) in [7, 11) is 0. The normalized spacial score (nSPS) is 31.3. The molecule has 2 rings (SSSR count). The Labute approximate surface area is 84.7 Å². The Morgan fingerprint density at radius 3 is 2.14 bits per heavy atom. The molecule has 2 heteroatoms. The van der Waals surface area contributed by atoms with Crippen LogP contribution in [0.5, 0.6) is 0 Å². The second-order valence-corrected chi connectivity index (χ2v) is 4.59. The van der Waals surface area contributed by atoms with Gasteiger partial charge in [-0.05, 0) is 32.3 Å². The van der Waals surface area contributed by atoms with Crippen LogP contribution in [0.2, 0.25) is 0 Å². The molecule has 76 valence electrons. The number of nitrogens with two attached hydrogens (primary N) is 1. The lowest BCUT2D eigenvalue weighted by Crippen LogP contribution is -2.51. The van der Waals surface area contributed by atoms with E-state index >= 15 is 0 Å². The van der Waals surface area contributed by atoms with Crippen molar-refractivity contribution in [1.29, 1.82) is 0 Å². The molecule has 1 aromatic rings. The van der Waals surface area contributed by atoms with Crippen molar-refractivity contribution in [3.8, 4) is 0 Å². The lowest BCUT2D eigenvalue weighted by atomic mass is 9.70. The standard InChI is InChI=1S/C12H17NO/c1-8-3-9(2)5-10(4-8)12(13)6-11(14)7-12/h3-5,11,14H,6-7,13H2,1-2H3. The average Bonchev–Trinajstić information content (AvgIpc) is 1.99. The summed E-state index contributed by atoms with van der Waals surface area (Å²) >= 11 is 0. The summed E-state index contributed by atoms with van der Waals surface area (Å²) in [4.78, 5) is 0. The highest BCUT2D eigenvalue weighted by molar-refractivity contribution is 5.35. The lowest BCUT2D eigenvalue weighted by Gasteiger charge is -2.43. The van der Waals surface area contributed by atoms with Crippen molar-refractivity contribution in [2.45, 2.75) is 38.3 Å². The van der Waals surface area contributed by atoms with Crippen molar-refractivity contribution in [1.82, 2.24) is 0 Å². The van der Waals surface area contributed by atoms with Crippen molar-refractivity contribution < 1.29 is 5.11 Å². The van der Waals surface area contributed by atoms with Crippen molar-refractivity contribution in [3.63, 3.8) is 0 Å². The Kier molecular flexibility index (Phi) is 2.13. The predicted molar refractivity (Wildman–Crippen MR) is 57.0 cm³/mol. The van der Waals surface area contributed by atoms with Crippen LogP contribution in [0.15, 0.2) is 18.2 Å². The van der Waals surface area contributed by atoms with Gasteiger partial charge < -0.3 is 10.8 Å². The van der Waals surface area contributed by atoms with Gasteiger partial charge in [-0.1, -0.05) is 29.3 Å². The molecule has 14 heavy (non-hydrogen) atoms. The number of aliphatic hydroxyl groups is 1. The van der Waals surface area contributed by atoms with Crippen LogP contribution in [0.4, 0.5) is 0 Å². The third-order valence-corrected chi connectivity index (χ3v) is 3.00. The highest BCUT2D eigenvalue weighted by Crippen LogP contribution is 2.39. The first-order valence-electron chi connectivity index (χ1n) is 5.05. The fraction of sp³-hybridized carbons (Fsp3) is 0.500. The molecule has 1 aliphatic rings. The minimum Gasteiger partial charge on any atom is -0.393 e. The van der Waals surface area contributed by atoms with Gasteiger partial charge in [0, 0.05) is 5.54 Å². The molecule has 0 amide bonds. The first-order valence-corrected chi connectivity index (χ1v) is 5.05. The van der Waals surface area contributed by atoms with Crippen LogP contribution in [0, 0.1) is 13.8 Å². The van der Waals surface area contributed by atoms with E-state index in [1.807, 2.05) is 0 Å². The third kappa shape index (κ3) is 1.56. The zero-order valence-electron chi connectivity index (χ0n) is 8.75. The molecule has 1 saturated carbocycles. The minimum absolute atomic E-state index is 0.208. The maximum Gasteiger partial charge on any atom is 0.0582 e. The van der Waals surface area contributed by atoms with Crippen molar-refractivity contribution in [2.24, 2.45) is 5.73 Å². The largest absolute Gasteiger partial charge is 0.393 e. The SMILES string of the molecule is Cc1cc(C)cc(C2(N)CC(O)C2)c1. The second kappa shape index (κ2) is 3.07. The molecular weight excluding hydrogens is 174 g/mol. The molecule has 0 bridgehead atoms. The van der Waals surface area contributed by atoms with E-state index in [-0.39, 0.29) is 11.6 Å². The molecule has 1 aliphatic carbocycles. The maximum atomic E-state index is 9.30. The highest BCUT2D eigenvalue weighted by atomic mass is 16.3. The lowest BCUT2D eigenvalue weighted by molar-refractivity contribution is 0.0209. The molecule has 3 N–H and O–H groups in total. The van der Waals surface area contributed by atoms with Gasteiger partial charge in [-0.25, -0.2) is 0 Å². The van der Waals surface area contributed by atoms with Crippen LogP contribution in [0.1, 0.15) is 29.5 Å². The summed E-state index contributed by atoms with van der Waals surface area (Å²) in [5, 5.41) is 9.30. The van der Waals surface area contributed by atoms with Gasteiger partial charge in [0.15, 0.2) is 0 Å². The average molecular weight is 191 g/mol. The summed E-state index contributed by atoms with van der Waals surface area (Å²) in [5.74, 6) is 0. The van der Waals surface area contributed by atoms with Crippen molar-refractivity contribution in [2.75, 3.05) is 0 Å². The first-order chi connectivity index (χ1) is 6.49. The summed E-state index contributed by atoms with van der Waals surface area (Å²) in [6.45, 7) is 4.16. The van der Waals surface area contributed by atoms with E-state index < -0.39 is 0 Å². The fourth-order valence-electron chi connectivity index (χ4n) is 2.28. The van der Waals surface area contributed by atoms with Gasteiger partial charge in [0.05, 0.1) is 6.10 Å². The van der Waals surface area contributed by atoms with E-state index in [9.17, 15) is 5.11 Å². The molecule has 2 nitrogen and oxygen atoms in total.